The number of hydrogen-bond donors (Lipinski definition) is 1. The zero-order valence-electron chi connectivity index (χ0n) is 9.91. The Morgan fingerprint density at radius 1 is 1.38 bits per heavy atom. The van der Waals surface area contributed by atoms with Crippen LogP contribution in [-0.2, 0) is 5.54 Å². The molecule has 1 unspecified atom stereocenters. The van der Waals surface area contributed by atoms with Gasteiger partial charge in [-0.25, -0.2) is 4.39 Å². The minimum atomic E-state index is -0.501. The third kappa shape index (κ3) is 3.15. The van der Waals surface area contributed by atoms with Gasteiger partial charge in [-0.05, 0) is 38.2 Å². The van der Waals surface area contributed by atoms with Crippen LogP contribution in [0, 0.1) is 5.82 Å². The first-order valence-corrected chi connectivity index (χ1v) is 5.28. The van der Waals surface area contributed by atoms with Crippen molar-refractivity contribution in [3.63, 3.8) is 0 Å². The number of rotatable bonds is 5. The molecule has 0 radical (unpaired) electrons. The lowest BCUT2D eigenvalue weighted by molar-refractivity contribution is 0.287. The first-order chi connectivity index (χ1) is 7.48. The number of nitrogens with zero attached hydrogens (tertiary/aromatic N) is 1. The van der Waals surface area contributed by atoms with Gasteiger partial charge in [-0.2, -0.15) is 0 Å². The molecular weight excluding hydrogens is 203 g/mol. The van der Waals surface area contributed by atoms with Crippen molar-refractivity contribution in [1.29, 1.82) is 0 Å². The zero-order valence-corrected chi connectivity index (χ0v) is 9.91. The molecule has 0 amide bonds. The molecule has 0 spiro atoms. The fraction of sp³-hybridized carbons (Fsp3) is 0.385. The Labute approximate surface area is 96.6 Å². The summed E-state index contributed by atoms with van der Waals surface area (Å²) in [5.41, 5.74) is 6.78. The molecule has 1 atom stereocenters. The van der Waals surface area contributed by atoms with E-state index in [1.165, 1.54) is 12.1 Å². The summed E-state index contributed by atoms with van der Waals surface area (Å²) in [7, 11) is 3.93. The molecule has 0 aliphatic heterocycles. The first-order valence-electron chi connectivity index (χ1n) is 5.28. The Bertz CT molecular complexity index is 345. The van der Waals surface area contributed by atoms with Crippen LogP contribution in [0.3, 0.4) is 0 Å². The van der Waals surface area contributed by atoms with Crippen molar-refractivity contribution in [3.8, 4) is 0 Å². The van der Waals surface area contributed by atoms with Crippen molar-refractivity contribution in [2.24, 2.45) is 5.73 Å². The van der Waals surface area contributed by atoms with E-state index in [1.54, 1.807) is 18.2 Å². The second-order valence-corrected chi connectivity index (χ2v) is 4.39. The lowest BCUT2D eigenvalue weighted by Crippen LogP contribution is -2.45. The number of nitrogens with two attached hydrogens (primary N) is 1. The molecule has 2 N–H and O–H groups in total. The van der Waals surface area contributed by atoms with E-state index < -0.39 is 5.54 Å². The SMILES string of the molecule is C=CCC(N)(CN(C)C)c1ccc(F)cc1. The predicted molar refractivity (Wildman–Crippen MR) is 65.6 cm³/mol. The summed E-state index contributed by atoms with van der Waals surface area (Å²) in [5, 5.41) is 0. The molecule has 0 saturated carbocycles. The Hall–Kier alpha value is -1.19. The molecule has 0 fully saturated rings. The molecule has 1 aromatic rings. The topological polar surface area (TPSA) is 29.3 Å². The van der Waals surface area contributed by atoms with Gasteiger partial charge in [-0.15, -0.1) is 6.58 Å². The Balaban J connectivity index is 3.00. The average molecular weight is 222 g/mol. The van der Waals surface area contributed by atoms with Crippen molar-refractivity contribution >= 4 is 0 Å². The number of halogens is 1. The molecule has 0 heterocycles. The Kier molecular flexibility index (Phi) is 4.21. The van der Waals surface area contributed by atoms with E-state index in [0.717, 1.165) is 5.56 Å². The fourth-order valence-corrected chi connectivity index (χ4v) is 1.88. The van der Waals surface area contributed by atoms with Gasteiger partial charge >= 0.3 is 0 Å². The van der Waals surface area contributed by atoms with Gasteiger partial charge in [0.1, 0.15) is 5.82 Å². The highest BCUT2D eigenvalue weighted by Crippen LogP contribution is 2.23. The van der Waals surface area contributed by atoms with Gasteiger partial charge in [-0.1, -0.05) is 18.2 Å². The van der Waals surface area contributed by atoms with Crippen LogP contribution < -0.4 is 5.73 Å². The van der Waals surface area contributed by atoms with Crippen LogP contribution in [0.25, 0.3) is 0 Å². The molecule has 2 nitrogen and oxygen atoms in total. The van der Waals surface area contributed by atoms with Gasteiger partial charge in [0, 0.05) is 6.54 Å². The predicted octanol–water partition coefficient (Wildman–Crippen LogP) is 2.12. The van der Waals surface area contributed by atoms with E-state index in [0.29, 0.717) is 13.0 Å². The number of benzene rings is 1. The normalized spacial score (nSPS) is 14.8. The van der Waals surface area contributed by atoms with Crippen LogP contribution in [0.5, 0.6) is 0 Å². The van der Waals surface area contributed by atoms with Gasteiger partial charge < -0.3 is 10.6 Å². The monoisotopic (exact) mass is 222 g/mol. The summed E-state index contributed by atoms with van der Waals surface area (Å²) in [6, 6.07) is 6.36. The highest BCUT2D eigenvalue weighted by atomic mass is 19.1. The summed E-state index contributed by atoms with van der Waals surface area (Å²) in [5.74, 6) is -0.241. The molecule has 0 aromatic heterocycles. The largest absolute Gasteiger partial charge is 0.320 e. The maximum absolute atomic E-state index is 12.9. The van der Waals surface area contributed by atoms with Crippen LogP contribution in [-0.4, -0.2) is 25.5 Å². The Morgan fingerprint density at radius 3 is 2.38 bits per heavy atom. The summed E-state index contributed by atoms with van der Waals surface area (Å²) in [6.45, 7) is 4.42. The Morgan fingerprint density at radius 2 is 1.94 bits per heavy atom. The maximum Gasteiger partial charge on any atom is 0.123 e. The lowest BCUT2D eigenvalue weighted by Gasteiger charge is -2.32. The van der Waals surface area contributed by atoms with E-state index >= 15 is 0 Å². The standard InChI is InChI=1S/C13H19FN2/c1-4-9-13(15,10-16(2)3)11-5-7-12(14)8-6-11/h4-8H,1,9-10,15H2,2-3H3. The van der Waals surface area contributed by atoms with Crippen molar-refractivity contribution < 1.29 is 4.39 Å². The molecule has 0 saturated heterocycles. The zero-order chi connectivity index (χ0) is 12.2. The summed E-state index contributed by atoms with van der Waals surface area (Å²) < 4.78 is 12.9. The van der Waals surface area contributed by atoms with Crippen LogP contribution in [0.4, 0.5) is 4.39 Å². The van der Waals surface area contributed by atoms with Gasteiger partial charge in [0.15, 0.2) is 0 Å². The summed E-state index contributed by atoms with van der Waals surface area (Å²) in [4.78, 5) is 2.02. The third-order valence-electron chi connectivity index (χ3n) is 2.53. The van der Waals surface area contributed by atoms with Crippen LogP contribution in [0.2, 0.25) is 0 Å². The molecule has 3 heteroatoms. The van der Waals surface area contributed by atoms with Gasteiger partial charge in [0.05, 0.1) is 5.54 Å². The average Bonchev–Trinajstić information content (AvgIpc) is 2.17. The number of hydrogen-bond acceptors (Lipinski definition) is 2. The molecule has 88 valence electrons. The van der Waals surface area contributed by atoms with Gasteiger partial charge in [0.2, 0.25) is 0 Å². The molecule has 0 aliphatic rings. The second kappa shape index (κ2) is 5.23. The maximum atomic E-state index is 12.9. The van der Waals surface area contributed by atoms with E-state index in [2.05, 4.69) is 6.58 Å². The first kappa shape index (κ1) is 12.9. The fourth-order valence-electron chi connectivity index (χ4n) is 1.88. The third-order valence-corrected chi connectivity index (χ3v) is 2.53. The van der Waals surface area contributed by atoms with E-state index in [4.69, 9.17) is 5.73 Å². The lowest BCUT2D eigenvalue weighted by atomic mass is 9.87. The minimum absolute atomic E-state index is 0.241. The van der Waals surface area contributed by atoms with Crippen molar-refractivity contribution in [2.75, 3.05) is 20.6 Å². The van der Waals surface area contributed by atoms with Crippen molar-refractivity contribution in [2.45, 2.75) is 12.0 Å². The van der Waals surface area contributed by atoms with Gasteiger partial charge in [0.25, 0.3) is 0 Å². The number of likely N-dealkylation sites (N-methyl/N-ethyl adjacent to an activating group) is 1. The molecule has 16 heavy (non-hydrogen) atoms. The van der Waals surface area contributed by atoms with E-state index in [9.17, 15) is 4.39 Å². The van der Waals surface area contributed by atoms with Crippen molar-refractivity contribution in [1.82, 2.24) is 4.90 Å². The summed E-state index contributed by atoms with van der Waals surface area (Å²) in [6.07, 6.45) is 2.46. The smallest absolute Gasteiger partial charge is 0.123 e. The van der Waals surface area contributed by atoms with E-state index in [1.807, 2.05) is 19.0 Å². The summed E-state index contributed by atoms with van der Waals surface area (Å²) >= 11 is 0. The van der Waals surface area contributed by atoms with E-state index in [-0.39, 0.29) is 5.82 Å². The van der Waals surface area contributed by atoms with Crippen LogP contribution in [0.1, 0.15) is 12.0 Å². The van der Waals surface area contributed by atoms with Gasteiger partial charge in [-0.3, -0.25) is 0 Å². The highest BCUT2D eigenvalue weighted by Gasteiger charge is 2.26. The molecule has 1 aromatic carbocycles. The van der Waals surface area contributed by atoms with Crippen LogP contribution in [0.15, 0.2) is 36.9 Å². The van der Waals surface area contributed by atoms with Crippen LogP contribution >= 0.6 is 0 Å². The highest BCUT2D eigenvalue weighted by molar-refractivity contribution is 5.26. The van der Waals surface area contributed by atoms with Crippen molar-refractivity contribution in [3.05, 3.63) is 48.3 Å². The molecule has 0 bridgehead atoms. The second-order valence-electron chi connectivity index (χ2n) is 4.39. The quantitative estimate of drug-likeness (QED) is 0.773. The molecule has 1 rings (SSSR count). The minimum Gasteiger partial charge on any atom is -0.320 e. The molecule has 0 aliphatic carbocycles. The molecular formula is C13H19FN2.